The molecule has 0 saturated carbocycles. The third-order valence-corrected chi connectivity index (χ3v) is 6.65. The normalized spacial score (nSPS) is 13.9. The van der Waals surface area contributed by atoms with Crippen LogP contribution in [-0.2, 0) is 15.3 Å². The van der Waals surface area contributed by atoms with Gasteiger partial charge in [-0.25, -0.2) is 0 Å². The van der Waals surface area contributed by atoms with Gasteiger partial charge >= 0.3 is 6.18 Å². The Morgan fingerprint density at radius 2 is 1.93 bits per heavy atom. The highest BCUT2D eigenvalue weighted by atomic mass is 35.5. The van der Waals surface area contributed by atoms with Gasteiger partial charge in [-0.05, 0) is 30.3 Å². The van der Waals surface area contributed by atoms with Gasteiger partial charge in [-0.2, -0.15) is 13.2 Å². The second kappa shape index (κ2) is 7.88. The molecule has 27 heavy (non-hydrogen) atoms. The minimum Gasteiger partial charge on any atom is -0.354 e. The molecule has 0 aliphatic carbocycles. The van der Waals surface area contributed by atoms with Crippen LogP contribution in [0.1, 0.15) is 12.5 Å². The Hall–Kier alpha value is -2.09. The van der Waals surface area contributed by atoms with Crippen LogP contribution in [0, 0.1) is 10.1 Å². The molecule has 6 nitrogen and oxygen atoms in total. The van der Waals surface area contributed by atoms with E-state index < -0.39 is 24.0 Å². The molecule has 2 aromatic carbocycles. The summed E-state index contributed by atoms with van der Waals surface area (Å²) >= 11 is 5.90. The number of rotatable bonds is 6. The summed E-state index contributed by atoms with van der Waals surface area (Å²) in [5.74, 6) is 0. The summed E-state index contributed by atoms with van der Waals surface area (Å²) < 4.78 is 56.0. The van der Waals surface area contributed by atoms with Crippen molar-refractivity contribution in [2.45, 2.75) is 13.1 Å². The maximum Gasteiger partial charge on any atom is 0.416 e. The van der Waals surface area contributed by atoms with E-state index in [1.165, 1.54) is 19.2 Å². The van der Waals surface area contributed by atoms with E-state index in [2.05, 4.69) is 5.32 Å². The van der Waals surface area contributed by atoms with Crippen molar-refractivity contribution >= 4 is 41.3 Å². The van der Waals surface area contributed by atoms with Crippen LogP contribution in [0.5, 0.6) is 0 Å². The molecule has 2 rings (SSSR count). The molecule has 0 aliphatic rings. The van der Waals surface area contributed by atoms with Crippen molar-refractivity contribution < 1.29 is 27.2 Å². The van der Waals surface area contributed by atoms with Crippen molar-refractivity contribution in [1.29, 1.82) is 0 Å². The number of nitrogens with one attached hydrogen (secondary N) is 1. The molecule has 1 unspecified atom stereocenters. The fourth-order valence-electron chi connectivity index (χ4n) is 2.37. The minimum absolute atomic E-state index is 0.0365. The summed E-state index contributed by atoms with van der Waals surface area (Å²) in [5, 5.41) is 13.7. The molecule has 0 bridgehead atoms. The third kappa shape index (κ3) is 4.61. The van der Waals surface area contributed by atoms with Gasteiger partial charge in [0.25, 0.3) is 5.69 Å². The van der Waals surface area contributed by atoms with E-state index >= 15 is 0 Å². The van der Waals surface area contributed by atoms with Gasteiger partial charge in [-0.1, -0.05) is 18.5 Å². The molecule has 1 N–H and O–H groups in total. The standard InChI is InChI=1S/C16H15ClF3N2O4P/c1-3-27(25,26-2)15-9-11(5-7-14(15)22(23)24)21-13-6-4-10(8-12(13)17)16(18,19)20/h4-9,21H,3H2,1-2H3. The number of nitro groups is 1. The lowest BCUT2D eigenvalue weighted by atomic mass is 10.2. The highest BCUT2D eigenvalue weighted by molar-refractivity contribution is 7.67. The van der Waals surface area contributed by atoms with Gasteiger partial charge in [-0.15, -0.1) is 0 Å². The van der Waals surface area contributed by atoms with Gasteiger partial charge in [0.05, 0.1) is 21.2 Å². The Kier molecular flexibility index (Phi) is 6.19. The Balaban J connectivity index is 2.46. The van der Waals surface area contributed by atoms with Crippen LogP contribution in [-0.4, -0.2) is 18.2 Å². The SMILES string of the molecule is CCP(=O)(OC)c1cc(Nc2ccc(C(F)(F)F)cc2Cl)ccc1[N+](=O)[O-]. The molecule has 0 aliphatic heterocycles. The summed E-state index contributed by atoms with van der Waals surface area (Å²) in [5.41, 5.74) is -0.848. The van der Waals surface area contributed by atoms with E-state index in [4.69, 9.17) is 16.1 Å². The summed E-state index contributed by atoms with van der Waals surface area (Å²) in [6.07, 6.45) is -4.50. The molecule has 0 radical (unpaired) electrons. The van der Waals surface area contributed by atoms with Crippen LogP contribution >= 0.6 is 19.0 Å². The Bertz CT molecular complexity index is 913. The fourth-order valence-corrected chi connectivity index (χ4v) is 4.24. The van der Waals surface area contributed by atoms with E-state index in [-0.39, 0.29) is 33.6 Å². The number of benzene rings is 2. The summed E-state index contributed by atoms with van der Waals surface area (Å²) in [6.45, 7) is 1.57. The predicted octanol–water partition coefficient (Wildman–Crippen LogP) is 5.58. The molecule has 146 valence electrons. The van der Waals surface area contributed by atoms with E-state index in [9.17, 15) is 27.9 Å². The maximum atomic E-state index is 12.8. The highest BCUT2D eigenvalue weighted by Crippen LogP contribution is 2.47. The highest BCUT2D eigenvalue weighted by Gasteiger charge is 2.32. The molecular formula is C16H15ClF3N2O4P. The number of nitrogens with zero attached hydrogens (tertiary/aromatic N) is 1. The lowest BCUT2D eigenvalue weighted by Gasteiger charge is -2.17. The predicted molar refractivity (Wildman–Crippen MR) is 97.6 cm³/mol. The van der Waals surface area contributed by atoms with Gasteiger partial charge in [-0.3, -0.25) is 14.7 Å². The fraction of sp³-hybridized carbons (Fsp3) is 0.250. The van der Waals surface area contributed by atoms with Crippen LogP contribution in [0.3, 0.4) is 0 Å². The average Bonchev–Trinajstić information content (AvgIpc) is 2.61. The Morgan fingerprint density at radius 3 is 2.41 bits per heavy atom. The molecule has 11 heteroatoms. The Morgan fingerprint density at radius 1 is 1.26 bits per heavy atom. The van der Waals surface area contributed by atoms with Gasteiger partial charge in [0.2, 0.25) is 7.37 Å². The number of hydrogen-bond acceptors (Lipinski definition) is 5. The van der Waals surface area contributed by atoms with Gasteiger partial charge in [0.1, 0.15) is 5.30 Å². The number of halogens is 4. The number of hydrogen-bond donors (Lipinski definition) is 1. The topological polar surface area (TPSA) is 81.5 Å². The van der Waals surface area contributed by atoms with Crippen LogP contribution in [0.2, 0.25) is 5.02 Å². The molecule has 0 fully saturated rings. The van der Waals surface area contributed by atoms with Crippen LogP contribution in [0.4, 0.5) is 30.2 Å². The first-order valence-corrected chi connectivity index (χ1v) is 9.78. The zero-order chi connectivity index (χ0) is 20.4. The van der Waals surface area contributed by atoms with Crippen molar-refractivity contribution in [2.75, 3.05) is 18.6 Å². The molecule has 1 atom stereocenters. The molecule has 2 aromatic rings. The van der Waals surface area contributed by atoms with Crippen LogP contribution in [0.15, 0.2) is 36.4 Å². The minimum atomic E-state index is -4.53. The quantitative estimate of drug-likeness (QED) is 0.373. The van der Waals surface area contributed by atoms with Crippen molar-refractivity contribution in [3.8, 4) is 0 Å². The second-order valence-corrected chi connectivity index (χ2v) is 8.68. The zero-order valence-corrected chi connectivity index (χ0v) is 15.9. The molecule has 0 aromatic heterocycles. The third-order valence-electron chi connectivity index (χ3n) is 3.83. The largest absolute Gasteiger partial charge is 0.416 e. The van der Waals surface area contributed by atoms with Crippen molar-refractivity contribution in [3.05, 3.63) is 57.1 Å². The molecule has 0 saturated heterocycles. The molecular weight excluding hydrogens is 408 g/mol. The lowest BCUT2D eigenvalue weighted by molar-refractivity contribution is -0.383. The van der Waals surface area contributed by atoms with Crippen LogP contribution in [0.25, 0.3) is 0 Å². The smallest absolute Gasteiger partial charge is 0.354 e. The number of alkyl halides is 3. The summed E-state index contributed by atoms with van der Waals surface area (Å²) in [7, 11) is -2.27. The number of anilines is 2. The van der Waals surface area contributed by atoms with Crippen molar-refractivity contribution in [2.24, 2.45) is 0 Å². The first kappa shape index (κ1) is 21.2. The lowest BCUT2D eigenvalue weighted by Crippen LogP contribution is -2.14. The summed E-state index contributed by atoms with van der Waals surface area (Å²) in [4.78, 5) is 10.6. The van der Waals surface area contributed by atoms with Gasteiger partial charge < -0.3 is 9.84 Å². The van der Waals surface area contributed by atoms with Gasteiger partial charge in [0, 0.05) is 25.0 Å². The zero-order valence-electron chi connectivity index (χ0n) is 14.2. The van der Waals surface area contributed by atoms with E-state index in [1.54, 1.807) is 6.92 Å². The molecule has 0 heterocycles. The van der Waals surface area contributed by atoms with Crippen molar-refractivity contribution in [3.63, 3.8) is 0 Å². The molecule has 0 amide bonds. The van der Waals surface area contributed by atoms with Crippen LogP contribution < -0.4 is 10.6 Å². The van der Waals surface area contributed by atoms with Crippen molar-refractivity contribution in [1.82, 2.24) is 0 Å². The average molecular weight is 423 g/mol. The maximum absolute atomic E-state index is 12.8. The first-order chi connectivity index (χ1) is 12.5. The number of nitro benzene ring substituents is 1. The van der Waals surface area contributed by atoms with Gasteiger partial charge in [0.15, 0.2) is 0 Å². The second-order valence-electron chi connectivity index (χ2n) is 5.45. The monoisotopic (exact) mass is 422 g/mol. The van der Waals surface area contributed by atoms with E-state index in [0.717, 1.165) is 24.3 Å². The Labute approximate surface area is 157 Å². The van der Waals surface area contributed by atoms with E-state index in [1.807, 2.05) is 0 Å². The summed E-state index contributed by atoms with van der Waals surface area (Å²) in [6, 6.07) is 6.53. The first-order valence-electron chi connectivity index (χ1n) is 7.59. The molecule has 0 spiro atoms. The van der Waals surface area contributed by atoms with E-state index in [0.29, 0.717) is 0 Å².